The van der Waals surface area contributed by atoms with Gasteiger partial charge in [0.2, 0.25) is 5.91 Å². The van der Waals surface area contributed by atoms with Gasteiger partial charge in [-0.1, -0.05) is 42.1 Å². The molecule has 1 aliphatic rings. The maximum Gasteiger partial charge on any atom is 0.279 e. The minimum absolute atomic E-state index is 0.0234. The first-order chi connectivity index (χ1) is 13.9. The van der Waals surface area contributed by atoms with Crippen LogP contribution in [-0.4, -0.2) is 15.5 Å². The summed E-state index contributed by atoms with van der Waals surface area (Å²) < 4.78 is 29.7. The molecule has 4 rings (SSSR count). The molecule has 1 amide bonds. The molecule has 1 aliphatic heterocycles. The number of halogens is 2. The first kappa shape index (κ1) is 19.3. The van der Waals surface area contributed by atoms with Crippen molar-refractivity contribution in [2.24, 2.45) is 7.05 Å². The van der Waals surface area contributed by atoms with Gasteiger partial charge in [0.25, 0.3) is 5.56 Å². The first-order valence-electron chi connectivity index (χ1n) is 8.96. The average molecular weight is 413 g/mol. The molecule has 0 radical (unpaired) electrons. The second-order valence-corrected chi connectivity index (χ2v) is 7.71. The van der Waals surface area contributed by atoms with Gasteiger partial charge in [0.1, 0.15) is 17.5 Å². The van der Waals surface area contributed by atoms with E-state index in [2.05, 4.69) is 10.3 Å². The Bertz CT molecular complexity index is 1150. The molecule has 3 aromatic rings. The Kier molecular flexibility index (Phi) is 5.19. The lowest BCUT2D eigenvalue weighted by Crippen LogP contribution is -2.33. The monoisotopic (exact) mass is 413 g/mol. The van der Waals surface area contributed by atoms with Gasteiger partial charge < -0.3 is 9.88 Å². The summed E-state index contributed by atoms with van der Waals surface area (Å²) in [4.78, 5) is 29.3. The highest BCUT2D eigenvalue weighted by Gasteiger charge is 2.33. The van der Waals surface area contributed by atoms with Gasteiger partial charge in [-0.25, -0.2) is 8.78 Å². The number of thioether (sulfide) groups is 1. The molecule has 8 heteroatoms. The van der Waals surface area contributed by atoms with E-state index >= 15 is 0 Å². The number of fused-ring (bicyclic) bond motifs is 1. The summed E-state index contributed by atoms with van der Waals surface area (Å²) in [6, 6.07) is 12.7. The van der Waals surface area contributed by atoms with E-state index in [4.69, 9.17) is 0 Å². The number of anilines is 1. The number of carbonyl (C=O) groups excluding carboxylic acids is 1. The molecule has 2 aromatic carbocycles. The normalized spacial score (nSPS) is 15.7. The zero-order chi connectivity index (χ0) is 20.5. The van der Waals surface area contributed by atoms with Gasteiger partial charge in [-0.2, -0.15) is 4.98 Å². The van der Waals surface area contributed by atoms with E-state index < -0.39 is 23.1 Å². The number of hydrogen-bond donors (Lipinski definition) is 1. The van der Waals surface area contributed by atoms with E-state index in [0.717, 1.165) is 23.8 Å². The summed E-state index contributed by atoms with van der Waals surface area (Å²) in [7, 11) is 1.68. The minimum Gasteiger partial charge on any atom is -0.312 e. The number of aromatic nitrogens is 2. The Labute approximate surface area is 169 Å². The standard InChI is InChI=1S/C21H17F2N3O2S/c1-26-19-18(20(28)25-21(26)29-11-12-5-3-2-4-6-12)15(10-17(27)24-19)14-9-13(22)7-8-16(14)23/h2-9,15H,10-11H2,1H3,(H,24,27)/t15-/m0/s1. The second kappa shape index (κ2) is 7.79. The van der Waals surface area contributed by atoms with E-state index in [-0.39, 0.29) is 29.3 Å². The predicted octanol–water partition coefficient (Wildman–Crippen LogP) is 3.82. The molecule has 0 bridgehead atoms. The van der Waals surface area contributed by atoms with E-state index in [0.29, 0.717) is 10.9 Å². The van der Waals surface area contributed by atoms with Crippen LogP contribution in [0.25, 0.3) is 0 Å². The molecule has 0 saturated heterocycles. The lowest BCUT2D eigenvalue weighted by Gasteiger charge is -2.27. The van der Waals surface area contributed by atoms with E-state index in [1.165, 1.54) is 11.8 Å². The quantitative estimate of drug-likeness (QED) is 0.522. The van der Waals surface area contributed by atoms with Crippen molar-refractivity contribution in [2.75, 3.05) is 5.32 Å². The number of nitrogens with one attached hydrogen (secondary N) is 1. The van der Waals surface area contributed by atoms with E-state index in [1.807, 2.05) is 30.3 Å². The summed E-state index contributed by atoms with van der Waals surface area (Å²) in [5.74, 6) is -1.70. The van der Waals surface area contributed by atoms with E-state index in [9.17, 15) is 18.4 Å². The Balaban J connectivity index is 1.76. The summed E-state index contributed by atoms with van der Waals surface area (Å²) >= 11 is 1.36. The van der Waals surface area contributed by atoms with Crippen molar-refractivity contribution in [1.29, 1.82) is 0 Å². The van der Waals surface area contributed by atoms with Gasteiger partial charge in [0.15, 0.2) is 5.16 Å². The molecule has 29 heavy (non-hydrogen) atoms. The molecule has 0 unspecified atom stereocenters. The molecule has 148 valence electrons. The highest BCUT2D eigenvalue weighted by Crippen LogP contribution is 2.37. The lowest BCUT2D eigenvalue weighted by atomic mass is 9.86. The second-order valence-electron chi connectivity index (χ2n) is 6.77. The summed E-state index contributed by atoms with van der Waals surface area (Å²) in [6.07, 6.45) is -0.152. The van der Waals surface area contributed by atoms with Crippen LogP contribution in [-0.2, 0) is 17.6 Å². The van der Waals surface area contributed by atoms with Crippen molar-refractivity contribution in [1.82, 2.24) is 9.55 Å². The van der Waals surface area contributed by atoms with Crippen molar-refractivity contribution < 1.29 is 13.6 Å². The molecule has 0 saturated carbocycles. The maximum atomic E-state index is 14.4. The van der Waals surface area contributed by atoms with Crippen molar-refractivity contribution in [2.45, 2.75) is 23.2 Å². The topological polar surface area (TPSA) is 64.0 Å². The third-order valence-corrected chi connectivity index (χ3v) is 5.95. The Hall–Kier alpha value is -3.00. The van der Waals surface area contributed by atoms with Crippen molar-refractivity contribution in [3.8, 4) is 0 Å². The maximum absolute atomic E-state index is 14.4. The van der Waals surface area contributed by atoms with Crippen LogP contribution in [0.2, 0.25) is 0 Å². The highest BCUT2D eigenvalue weighted by atomic mass is 32.2. The summed E-state index contributed by atoms with van der Waals surface area (Å²) in [6.45, 7) is 0. The zero-order valence-electron chi connectivity index (χ0n) is 15.5. The third-order valence-electron chi connectivity index (χ3n) is 4.85. The predicted molar refractivity (Wildman–Crippen MR) is 107 cm³/mol. The number of hydrogen-bond acceptors (Lipinski definition) is 4. The van der Waals surface area contributed by atoms with Gasteiger partial charge in [0, 0.05) is 25.1 Å². The first-order valence-corrected chi connectivity index (χ1v) is 9.95. The fourth-order valence-electron chi connectivity index (χ4n) is 3.43. The smallest absolute Gasteiger partial charge is 0.279 e. The number of rotatable bonds is 4. The van der Waals surface area contributed by atoms with Crippen LogP contribution in [0.15, 0.2) is 58.5 Å². The molecule has 0 aliphatic carbocycles. The SMILES string of the molecule is Cn1c(SCc2ccccc2)nc(=O)c2c1NC(=O)C[C@H]2c1cc(F)ccc1F. The molecule has 0 fully saturated rings. The van der Waals surface area contributed by atoms with Crippen LogP contribution in [0.1, 0.15) is 29.0 Å². The molecule has 1 N–H and O–H groups in total. The fourth-order valence-corrected chi connectivity index (χ4v) is 4.35. The van der Waals surface area contributed by atoms with Crippen LogP contribution in [0.4, 0.5) is 14.6 Å². The van der Waals surface area contributed by atoms with Gasteiger partial charge in [-0.15, -0.1) is 0 Å². The molecule has 1 atom stereocenters. The fraction of sp³-hybridized carbons (Fsp3) is 0.190. The van der Waals surface area contributed by atoms with Crippen LogP contribution in [0.5, 0.6) is 0 Å². The molecule has 2 heterocycles. The largest absolute Gasteiger partial charge is 0.312 e. The highest BCUT2D eigenvalue weighted by molar-refractivity contribution is 7.98. The average Bonchev–Trinajstić information content (AvgIpc) is 2.71. The van der Waals surface area contributed by atoms with Crippen LogP contribution >= 0.6 is 11.8 Å². The van der Waals surface area contributed by atoms with Crippen LogP contribution in [0.3, 0.4) is 0 Å². The number of amides is 1. The Morgan fingerprint density at radius 2 is 1.93 bits per heavy atom. The van der Waals surface area contributed by atoms with Gasteiger partial charge in [-0.05, 0) is 29.3 Å². The molecule has 0 spiro atoms. The van der Waals surface area contributed by atoms with Gasteiger partial charge in [0.05, 0.1) is 5.56 Å². The minimum atomic E-state index is -0.895. The van der Waals surface area contributed by atoms with Gasteiger partial charge >= 0.3 is 0 Å². The molecule has 1 aromatic heterocycles. The van der Waals surface area contributed by atoms with Crippen LogP contribution < -0.4 is 10.9 Å². The summed E-state index contributed by atoms with van der Waals surface area (Å²) in [5, 5.41) is 3.12. The van der Waals surface area contributed by atoms with Crippen molar-refractivity contribution in [3.63, 3.8) is 0 Å². The Morgan fingerprint density at radius 3 is 2.69 bits per heavy atom. The molecule has 5 nitrogen and oxygen atoms in total. The summed E-state index contributed by atoms with van der Waals surface area (Å²) in [5.41, 5.74) is 0.654. The Morgan fingerprint density at radius 1 is 1.17 bits per heavy atom. The lowest BCUT2D eigenvalue weighted by molar-refractivity contribution is -0.116. The number of nitrogens with zero attached hydrogens (tertiary/aromatic N) is 2. The van der Waals surface area contributed by atoms with Crippen LogP contribution in [0, 0.1) is 11.6 Å². The molecular weight excluding hydrogens is 396 g/mol. The van der Waals surface area contributed by atoms with Gasteiger partial charge in [-0.3, -0.25) is 9.59 Å². The molecular formula is C21H17F2N3O2S. The van der Waals surface area contributed by atoms with Crippen molar-refractivity contribution >= 4 is 23.5 Å². The van der Waals surface area contributed by atoms with Crippen molar-refractivity contribution in [3.05, 3.63) is 87.2 Å². The van der Waals surface area contributed by atoms with E-state index in [1.54, 1.807) is 11.6 Å². The number of carbonyl (C=O) groups is 1. The number of benzene rings is 2. The zero-order valence-corrected chi connectivity index (χ0v) is 16.3. The third kappa shape index (κ3) is 3.80.